The Balaban J connectivity index is 1.39. The number of ketones is 1. The van der Waals surface area contributed by atoms with Crippen LogP contribution in [0.4, 0.5) is 0 Å². The van der Waals surface area contributed by atoms with Gasteiger partial charge in [-0.15, -0.1) is 0 Å². The van der Waals surface area contributed by atoms with Crippen molar-refractivity contribution in [2.24, 2.45) is 0 Å². The predicted octanol–water partition coefficient (Wildman–Crippen LogP) is 4.45. The molecule has 0 spiro atoms. The molecule has 0 N–H and O–H groups in total. The molecule has 0 bridgehead atoms. The summed E-state index contributed by atoms with van der Waals surface area (Å²) >= 11 is 0. The largest absolute Gasteiger partial charge is 0.479 e. The van der Waals surface area contributed by atoms with E-state index in [1.54, 1.807) is 25.1 Å². The molecular weight excluding hydrogens is 352 g/mol. The van der Waals surface area contributed by atoms with Gasteiger partial charge in [0.25, 0.3) is 0 Å². The molecule has 1 aliphatic carbocycles. The Bertz CT molecular complexity index is 1020. The SMILES string of the molecule is C[C@H](Oc1ccccc1)C(=O)OCC(=O)c1ccc2c(c1)-c1ccccc1C2. The zero-order valence-corrected chi connectivity index (χ0v) is 15.6. The van der Waals surface area contributed by atoms with E-state index in [0.29, 0.717) is 11.3 Å². The van der Waals surface area contributed by atoms with Gasteiger partial charge in [-0.1, -0.05) is 54.6 Å². The number of ether oxygens (including phenoxy) is 2. The van der Waals surface area contributed by atoms with Crippen molar-refractivity contribution in [1.29, 1.82) is 0 Å². The molecule has 0 aliphatic heterocycles. The molecule has 140 valence electrons. The highest BCUT2D eigenvalue weighted by Gasteiger charge is 2.21. The Morgan fingerprint density at radius 1 is 0.893 bits per heavy atom. The van der Waals surface area contributed by atoms with Crippen LogP contribution < -0.4 is 4.74 Å². The van der Waals surface area contributed by atoms with Gasteiger partial charge in [0.05, 0.1) is 0 Å². The van der Waals surface area contributed by atoms with Crippen molar-refractivity contribution in [3.8, 4) is 16.9 Å². The predicted molar refractivity (Wildman–Crippen MR) is 107 cm³/mol. The number of benzene rings is 3. The van der Waals surface area contributed by atoms with E-state index in [0.717, 1.165) is 17.5 Å². The highest BCUT2D eigenvalue weighted by Crippen LogP contribution is 2.36. The minimum Gasteiger partial charge on any atom is -0.479 e. The van der Waals surface area contributed by atoms with E-state index in [9.17, 15) is 9.59 Å². The second kappa shape index (κ2) is 7.69. The van der Waals surface area contributed by atoms with Gasteiger partial charge >= 0.3 is 5.97 Å². The average molecular weight is 372 g/mol. The summed E-state index contributed by atoms with van der Waals surface area (Å²) in [6, 6.07) is 22.9. The zero-order valence-electron chi connectivity index (χ0n) is 15.6. The molecule has 1 atom stereocenters. The fraction of sp³-hybridized carbons (Fsp3) is 0.167. The Kier molecular flexibility index (Phi) is 4.94. The molecule has 4 heteroatoms. The molecule has 3 aromatic carbocycles. The maximum Gasteiger partial charge on any atom is 0.347 e. The van der Waals surface area contributed by atoms with Crippen LogP contribution in [-0.2, 0) is 16.0 Å². The van der Waals surface area contributed by atoms with E-state index in [1.807, 2.05) is 42.5 Å². The number of para-hydroxylation sites is 1. The van der Waals surface area contributed by atoms with Crippen molar-refractivity contribution >= 4 is 11.8 Å². The maximum absolute atomic E-state index is 12.5. The molecule has 0 fully saturated rings. The standard InChI is InChI=1S/C24H20O4/c1-16(28-20-8-3-2-4-9-20)24(26)27-15-23(25)19-12-11-18-13-17-7-5-6-10-21(17)22(18)14-19/h2-12,14,16H,13,15H2,1H3/t16-/m0/s1. The van der Waals surface area contributed by atoms with Crippen LogP contribution in [0.25, 0.3) is 11.1 Å². The Morgan fingerprint density at radius 3 is 2.43 bits per heavy atom. The van der Waals surface area contributed by atoms with Crippen LogP contribution in [0.2, 0.25) is 0 Å². The number of Topliss-reactive ketones (excluding diaryl/α,β-unsaturated/α-hetero) is 1. The van der Waals surface area contributed by atoms with Gasteiger partial charge in [-0.3, -0.25) is 4.79 Å². The lowest BCUT2D eigenvalue weighted by Crippen LogP contribution is -2.28. The summed E-state index contributed by atoms with van der Waals surface area (Å²) in [4.78, 5) is 24.7. The summed E-state index contributed by atoms with van der Waals surface area (Å²) in [5.74, 6) is -0.216. The lowest BCUT2D eigenvalue weighted by Gasteiger charge is -2.13. The van der Waals surface area contributed by atoms with E-state index in [2.05, 4.69) is 12.1 Å². The molecule has 28 heavy (non-hydrogen) atoms. The van der Waals surface area contributed by atoms with Crippen molar-refractivity contribution in [1.82, 2.24) is 0 Å². The minimum absolute atomic E-state index is 0.229. The van der Waals surface area contributed by atoms with Crippen molar-refractivity contribution < 1.29 is 19.1 Å². The quantitative estimate of drug-likeness (QED) is 0.371. The van der Waals surface area contributed by atoms with Crippen molar-refractivity contribution in [2.75, 3.05) is 6.61 Å². The van der Waals surface area contributed by atoms with E-state index >= 15 is 0 Å². The van der Waals surface area contributed by atoms with Crippen molar-refractivity contribution in [2.45, 2.75) is 19.4 Å². The Morgan fingerprint density at radius 2 is 1.61 bits per heavy atom. The van der Waals surface area contributed by atoms with Gasteiger partial charge < -0.3 is 9.47 Å². The topological polar surface area (TPSA) is 52.6 Å². The number of carbonyl (C=O) groups excluding carboxylic acids is 2. The summed E-state index contributed by atoms with van der Waals surface area (Å²) in [6.45, 7) is 1.30. The normalized spacial score (nSPS) is 12.6. The summed E-state index contributed by atoms with van der Waals surface area (Å²) in [7, 11) is 0. The molecule has 4 nitrogen and oxygen atoms in total. The second-order valence-corrected chi connectivity index (χ2v) is 6.81. The van der Waals surface area contributed by atoms with Gasteiger partial charge in [0.1, 0.15) is 5.75 Å². The fourth-order valence-electron chi connectivity index (χ4n) is 3.39. The van der Waals surface area contributed by atoms with Crippen LogP contribution in [0.5, 0.6) is 5.75 Å². The van der Waals surface area contributed by atoms with Crippen LogP contribution in [-0.4, -0.2) is 24.5 Å². The average Bonchev–Trinajstić information content (AvgIpc) is 3.10. The highest BCUT2D eigenvalue weighted by molar-refractivity contribution is 5.99. The van der Waals surface area contributed by atoms with E-state index in [-0.39, 0.29) is 12.4 Å². The number of hydrogen-bond acceptors (Lipinski definition) is 4. The number of rotatable bonds is 6. The van der Waals surface area contributed by atoms with Gasteiger partial charge in [-0.2, -0.15) is 0 Å². The summed E-state index contributed by atoms with van der Waals surface area (Å²) < 4.78 is 10.7. The maximum atomic E-state index is 12.5. The number of carbonyl (C=O) groups is 2. The minimum atomic E-state index is -0.790. The molecule has 0 aromatic heterocycles. The monoisotopic (exact) mass is 372 g/mol. The first kappa shape index (κ1) is 18.0. The van der Waals surface area contributed by atoms with Crippen molar-refractivity contribution in [3.05, 3.63) is 89.5 Å². The lowest BCUT2D eigenvalue weighted by molar-refractivity contribution is -0.149. The van der Waals surface area contributed by atoms with Gasteiger partial charge in [-0.25, -0.2) is 4.79 Å². The van der Waals surface area contributed by atoms with E-state index in [1.165, 1.54) is 11.1 Å². The Hall–Kier alpha value is -3.40. The molecule has 4 rings (SSSR count). The third-order valence-corrected chi connectivity index (χ3v) is 4.85. The third kappa shape index (κ3) is 3.67. The van der Waals surface area contributed by atoms with Crippen LogP contribution in [0.3, 0.4) is 0 Å². The molecule has 0 saturated carbocycles. The summed E-state index contributed by atoms with van der Waals surface area (Å²) in [6.07, 6.45) is 0.0886. The van der Waals surface area contributed by atoms with Gasteiger partial charge in [0, 0.05) is 5.56 Å². The fourth-order valence-corrected chi connectivity index (χ4v) is 3.39. The van der Waals surface area contributed by atoms with Crippen LogP contribution in [0, 0.1) is 0 Å². The molecule has 3 aromatic rings. The number of esters is 1. The second-order valence-electron chi connectivity index (χ2n) is 6.81. The first-order valence-electron chi connectivity index (χ1n) is 9.24. The smallest absolute Gasteiger partial charge is 0.347 e. The molecule has 0 radical (unpaired) electrons. The highest BCUT2D eigenvalue weighted by atomic mass is 16.6. The van der Waals surface area contributed by atoms with Crippen LogP contribution >= 0.6 is 0 Å². The number of fused-ring (bicyclic) bond motifs is 3. The summed E-state index contributed by atoms with van der Waals surface area (Å²) in [5, 5.41) is 0. The van der Waals surface area contributed by atoms with Gasteiger partial charge in [-0.05, 0) is 53.8 Å². The molecule has 0 unspecified atom stereocenters. The van der Waals surface area contributed by atoms with Gasteiger partial charge in [0.2, 0.25) is 0 Å². The molecule has 0 amide bonds. The van der Waals surface area contributed by atoms with E-state index < -0.39 is 12.1 Å². The summed E-state index contributed by atoms with van der Waals surface area (Å²) in [5.41, 5.74) is 5.25. The van der Waals surface area contributed by atoms with E-state index in [4.69, 9.17) is 9.47 Å². The molecular formula is C24H20O4. The molecule has 1 aliphatic rings. The first-order chi connectivity index (χ1) is 13.6. The lowest BCUT2D eigenvalue weighted by atomic mass is 10.0. The van der Waals surface area contributed by atoms with Crippen LogP contribution in [0.1, 0.15) is 28.4 Å². The Labute approximate surface area is 163 Å². The zero-order chi connectivity index (χ0) is 19.5. The van der Waals surface area contributed by atoms with Crippen LogP contribution in [0.15, 0.2) is 72.8 Å². The third-order valence-electron chi connectivity index (χ3n) is 4.85. The first-order valence-corrected chi connectivity index (χ1v) is 9.24. The molecule has 0 saturated heterocycles. The molecule has 0 heterocycles. The van der Waals surface area contributed by atoms with Gasteiger partial charge in [0.15, 0.2) is 18.5 Å². The van der Waals surface area contributed by atoms with Crippen molar-refractivity contribution in [3.63, 3.8) is 0 Å². The number of hydrogen-bond donors (Lipinski definition) is 0.